The van der Waals surface area contributed by atoms with Crippen LogP contribution in [-0.4, -0.2) is 56.3 Å². The number of Topliss-reactive ketones (excluding diaryl/α,β-unsaturated/α-hetero) is 1. The maximum atomic E-state index is 13.0. The molecule has 3 aromatic rings. The molecular weight excluding hydrogens is 527 g/mol. The van der Waals surface area contributed by atoms with E-state index >= 15 is 0 Å². The number of hydrogen-bond acceptors (Lipinski definition) is 7. The number of morpholine rings is 1. The fourth-order valence-electron chi connectivity index (χ4n) is 4.83. The largest absolute Gasteiger partial charge is 0.489 e. The van der Waals surface area contributed by atoms with E-state index in [1.807, 2.05) is 0 Å². The van der Waals surface area contributed by atoms with Gasteiger partial charge in [0.25, 0.3) is 5.91 Å². The number of halogens is 2. The van der Waals surface area contributed by atoms with Gasteiger partial charge in [0, 0.05) is 39.8 Å². The van der Waals surface area contributed by atoms with Crippen molar-refractivity contribution in [1.29, 1.82) is 0 Å². The van der Waals surface area contributed by atoms with Crippen molar-refractivity contribution in [3.8, 4) is 5.75 Å². The number of carbonyl (C=O) groups excluding carboxylic acids is 3. The van der Waals surface area contributed by atoms with Gasteiger partial charge >= 0.3 is 6.09 Å². The van der Waals surface area contributed by atoms with E-state index in [2.05, 4.69) is 0 Å². The number of anilines is 2. The van der Waals surface area contributed by atoms with Gasteiger partial charge in [-0.3, -0.25) is 14.5 Å². The van der Waals surface area contributed by atoms with Crippen molar-refractivity contribution in [1.82, 2.24) is 0 Å². The molecule has 2 saturated heterocycles. The first kappa shape index (κ1) is 23.5. The van der Waals surface area contributed by atoms with Crippen molar-refractivity contribution >= 4 is 73.8 Å². The third-order valence-corrected chi connectivity index (χ3v) is 8.55. The first-order valence-electron chi connectivity index (χ1n) is 11.5. The summed E-state index contributed by atoms with van der Waals surface area (Å²) >= 11 is 13.8. The molecule has 0 bridgehead atoms. The summed E-state index contributed by atoms with van der Waals surface area (Å²) in [6.07, 6.45) is -0.465. The Kier molecular flexibility index (Phi) is 6.03. The van der Waals surface area contributed by atoms with Gasteiger partial charge in [0.2, 0.25) is 0 Å². The summed E-state index contributed by atoms with van der Waals surface area (Å²) in [5.74, 6) is 0.276. The first-order valence-corrected chi connectivity index (χ1v) is 13.0. The minimum atomic E-state index is -0.502. The molecule has 0 aliphatic carbocycles. The third-order valence-electron chi connectivity index (χ3n) is 6.62. The molecule has 3 aliphatic heterocycles. The number of thiophene rings is 1. The van der Waals surface area contributed by atoms with Gasteiger partial charge in [0.1, 0.15) is 31.1 Å². The molecular formula is C25H20Cl2N2O6S. The van der Waals surface area contributed by atoms with Crippen molar-refractivity contribution in [3.05, 3.63) is 51.3 Å². The van der Waals surface area contributed by atoms with Gasteiger partial charge in [0.15, 0.2) is 5.78 Å². The number of benzene rings is 2. The highest BCUT2D eigenvalue weighted by molar-refractivity contribution is 7.21. The second-order valence-corrected chi connectivity index (χ2v) is 10.6. The van der Waals surface area contributed by atoms with Crippen LogP contribution in [0.4, 0.5) is 16.2 Å². The van der Waals surface area contributed by atoms with Crippen molar-refractivity contribution in [2.45, 2.75) is 25.0 Å². The van der Waals surface area contributed by atoms with Crippen molar-refractivity contribution in [2.24, 2.45) is 0 Å². The Morgan fingerprint density at radius 3 is 2.83 bits per heavy atom. The number of nitrogens with zero attached hydrogens (tertiary/aromatic N) is 2. The molecule has 11 heteroatoms. The molecule has 0 spiro atoms. The summed E-state index contributed by atoms with van der Waals surface area (Å²) in [4.78, 5) is 41.7. The maximum absolute atomic E-state index is 13.0. The minimum Gasteiger partial charge on any atom is -0.489 e. The molecule has 0 N–H and O–H groups in total. The van der Waals surface area contributed by atoms with Crippen LogP contribution in [-0.2, 0) is 14.3 Å². The lowest BCUT2D eigenvalue weighted by atomic mass is 10.0. The van der Waals surface area contributed by atoms with Gasteiger partial charge in [-0.2, -0.15) is 0 Å². The summed E-state index contributed by atoms with van der Waals surface area (Å²) in [5, 5.41) is 1.80. The zero-order chi connectivity index (χ0) is 25.0. The van der Waals surface area contributed by atoms with Crippen LogP contribution >= 0.6 is 34.5 Å². The van der Waals surface area contributed by atoms with Crippen molar-refractivity contribution in [2.75, 3.05) is 36.2 Å². The molecule has 6 rings (SSSR count). The highest BCUT2D eigenvalue weighted by Crippen LogP contribution is 2.42. The Morgan fingerprint density at radius 2 is 2.00 bits per heavy atom. The summed E-state index contributed by atoms with van der Waals surface area (Å²) < 4.78 is 17.7. The summed E-state index contributed by atoms with van der Waals surface area (Å²) in [7, 11) is 0. The van der Waals surface area contributed by atoms with E-state index in [0.717, 1.165) is 10.1 Å². The van der Waals surface area contributed by atoms with Crippen molar-refractivity contribution in [3.63, 3.8) is 0 Å². The zero-order valence-corrected chi connectivity index (χ0v) is 21.2. The lowest BCUT2D eigenvalue weighted by Gasteiger charge is -2.33. The van der Waals surface area contributed by atoms with Gasteiger partial charge in [-0.1, -0.05) is 29.3 Å². The maximum Gasteiger partial charge on any atom is 0.415 e. The van der Waals surface area contributed by atoms with Crippen LogP contribution in [0.25, 0.3) is 10.1 Å². The molecule has 0 unspecified atom stereocenters. The molecule has 4 heterocycles. The van der Waals surface area contributed by atoms with E-state index in [4.69, 9.17) is 37.4 Å². The Labute approximate surface area is 220 Å². The fraction of sp³-hybridized carbons (Fsp3) is 0.320. The number of rotatable bonds is 5. The number of ketones is 1. The molecule has 2 atom stereocenters. The Bertz CT molecular complexity index is 1410. The average molecular weight is 547 g/mol. The van der Waals surface area contributed by atoms with E-state index in [9.17, 15) is 14.4 Å². The molecule has 2 aromatic carbocycles. The van der Waals surface area contributed by atoms with Gasteiger partial charge < -0.3 is 19.1 Å². The van der Waals surface area contributed by atoms with Gasteiger partial charge in [0.05, 0.1) is 22.2 Å². The van der Waals surface area contributed by atoms with Gasteiger partial charge in [-0.05, 0) is 30.7 Å². The molecule has 3 aliphatic rings. The number of fused-ring (bicyclic) bond motifs is 4. The van der Waals surface area contributed by atoms with Gasteiger partial charge in [-0.15, -0.1) is 11.3 Å². The van der Waals surface area contributed by atoms with E-state index < -0.39 is 12.2 Å². The topological polar surface area (TPSA) is 85.4 Å². The second kappa shape index (κ2) is 9.23. The third kappa shape index (κ3) is 4.00. The number of cyclic esters (lactones) is 1. The molecule has 2 amide bonds. The van der Waals surface area contributed by atoms with Crippen LogP contribution < -0.4 is 14.5 Å². The van der Waals surface area contributed by atoms with Crippen molar-refractivity contribution < 1.29 is 28.6 Å². The molecule has 0 radical (unpaired) electrons. The minimum absolute atomic E-state index is 0.0410. The summed E-state index contributed by atoms with van der Waals surface area (Å²) in [6, 6.07) is 10.3. The summed E-state index contributed by atoms with van der Waals surface area (Å²) in [6.45, 7) is 1.18. The Morgan fingerprint density at radius 1 is 1.14 bits per heavy atom. The fourth-order valence-corrected chi connectivity index (χ4v) is 6.61. The predicted octanol–water partition coefficient (Wildman–Crippen LogP) is 5.32. The lowest BCUT2D eigenvalue weighted by Crippen LogP contribution is -2.45. The monoisotopic (exact) mass is 546 g/mol. The van der Waals surface area contributed by atoms with E-state index in [1.165, 1.54) is 11.3 Å². The van der Waals surface area contributed by atoms with Crippen LogP contribution in [0.1, 0.15) is 22.5 Å². The SMILES string of the molecule is O=C(CC[C@@H]1OC(=O)N2c3ccc(N4CCOCC4=O)cc3OC[C@@H]12)c1sc2cc(Cl)ccc2c1Cl. The first-order chi connectivity index (χ1) is 17.4. The predicted molar refractivity (Wildman–Crippen MR) is 137 cm³/mol. The standard InChI is InChI=1S/C25H20Cl2N2O6S/c26-13-1-3-15-21(9-13)36-24(23(15)27)18(30)5-6-19-17-11-34-20-10-14(28-7-8-33-12-22(28)31)2-4-16(20)29(17)25(32)35-19/h1-4,9-10,17,19H,5-8,11-12H2/t17-,19-/m0/s1. The molecule has 8 nitrogen and oxygen atoms in total. The lowest BCUT2D eigenvalue weighted by molar-refractivity contribution is -0.125. The number of carbonyl (C=O) groups is 3. The molecule has 2 fully saturated rings. The number of amides is 2. The Hall–Kier alpha value is -2.85. The molecule has 36 heavy (non-hydrogen) atoms. The van der Waals surface area contributed by atoms with E-state index in [-0.39, 0.29) is 37.4 Å². The normalized spacial score (nSPS) is 21.3. The molecule has 1 aromatic heterocycles. The number of ether oxygens (including phenoxy) is 3. The number of hydrogen-bond donors (Lipinski definition) is 0. The quantitative estimate of drug-likeness (QED) is 0.402. The van der Waals surface area contributed by atoms with Gasteiger partial charge in [-0.25, -0.2) is 4.79 Å². The molecule has 186 valence electrons. The van der Waals surface area contributed by atoms with Crippen LogP contribution in [0.2, 0.25) is 10.0 Å². The average Bonchev–Trinajstić information content (AvgIpc) is 3.38. The second-order valence-electron chi connectivity index (χ2n) is 8.77. The highest BCUT2D eigenvalue weighted by Gasteiger charge is 2.46. The highest BCUT2D eigenvalue weighted by atomic mass is 35.5. The van der Waals surface area contributed by atoms with E-state index in [1.54, 1.807) is 46.2 Å². The van der Waals surface area contributed by atoms with Crippen LogP contribution in [0, 0.1) is 0 Å². The summed E-state index contributed by atoms with van der Waals surface area (Å²) in [5.41, 5.74) is 1.27. The Balaban J connectivity index is 1.17. The van der Waals surface area contributed by atoms with E-state index in [0.29, 0.717) is 51.6 Å². The van der Waals surface area contributed by atoms with Crippen LogP contribution in [0.3, 0.4) is 0 Å². The molecule has 0 saturated carbocycles. The smallest absolute Gasteiger partial charge is 0.415 e. The van der Waals surface area contributed by atoms with Crippen LogP contribution in [0.5, 0.6) is 5.75 Å². The van der Waals surface area contributed by atoms with Crippen LogP contribution in [0.15, 0.2) is 36.4 Å². The zero-order valence-electron chi connectivity index (χ0n) is 18.9.